The molecule has 1 aromatic rings. The Kier molecular flexibility index (Phi) is 5.11. The summed E-state index contributed by atoms with van der Waals surface area (Å²) in [5.74, 6) is 0.943. The second-order valence-electron chi connectivity index (χ2n) is 9.04. The van der Waals surface area contributed by atoms with E-state index in [1.165, 1.54) is 6.42 Å². The van der Waals surface area contributed by atoms with Crippen molar-refractivity contribution in [2.45, 2.75) is 62.8 Å². The summed E-state index contributed by atoms with van der Waals surface area (Å²) in [7, 11) is 0. The molecule has 4 atom stereocenters. The summed E-state index contributed by atoms with van der Waals surface area (Å²) in [6.45, 7) is 6.45. The van der Waals surface area contributed by atoms with E-state index in [1.54, 1.807) is 12.7 Å². The van der Waals surface area contributed by atoms with Gasteiger partial charge in [-0.25, -0.2) is 0 Å². The molecule has 2 unspecified atom stereocenters. The van der Waals surface area contributed by atoms with Crippen LogP contribution in [0.15, 0.2) is 12.7 Å². The van der Waals surface area contributed by atoms with Gasteiger partial charge in [0, 0.05) is 51.3 Å². The second kappa shape index (κ2) is 7.72. The van der Waals surface area contributed by atoms with Gasteiger partial charge in [0.15, 0.2) is 0 Å². The zero-order chi connectivity index (χ0) is 19.0. The lowest BCUT2D eigenvalue weighted by Gasteiger charge is -2.51. The maximum atomic E-state index is 12.9. The van der Waals surface area contributed by atoms with Crippen LogP contribution in [0.5, 0.6) is 0 Å². The van der Waals surface area contributed by atoms with Crippen LogP contribution in [0.3, 0.4) is 0 Å². The van der Waals surface area contributed by atoms with Gasteiger partial charge in [0.25, 0.3) is 0 Å². The largest absolute Gasteiger partial charge is 0.381 e. The van der Waals surface area contributed by atoms with Crippen molar-refractivity contribution in [2.24, 2.45) is 5.92 Å². The Morgan fingerprint density at radius 3 is 2.61 bits per heavy atom. The van der Waals surface area contributed by atoms with Crippen molar-refractivity contribution in [3.8, 4) is 0 Å². The summed E-state index contributed by atoms with van der Waals surface area (Å²) in [6, 6.07) is 0.670. The van der Waals surface area contributed by atoms with E-state index in [-0.39, 0.29) is 11.5 Å². The van der Waals surface area contributed by atoms with E-state index in [9.17, 15) is 4.79 Å². The van der Waals surface area contributed by atoms with E-state index in [4.69, 9.17) is 9.47 Å². The molecule has 0 N–H and O–H groups in total. The molecule has 4 aliphatic heterocycles. The van der Waals surface area contributed by atoms with Crippen LogP contribution in [0, 0.1) is 5.92 Å². The molecule has 8 heteroatoms. The summed E-state index contributed by atoms with van der Waals surface area (Å²) in [5.41, 5.74) is -0.0609. The molecule has 0 saturated carbocycles. The van der Waals surface area contributed by atoms with Gasteiger partial charge in [0.2, 0.25) is 5.91 Å². The normalized spacial score (nSPS) is 35.7. The van der Waals surface area contributed by atoms with Gasteiger partial charge < -0.3 is 18.9 Å². The zero-order valence-electron chi connectivity index (χ0n) is 16.5. The number of aryl methyl sites for hydroxylation is 1. The van der Waals surface area contributed by atoms with Gasteiger partial charge in [0.1, 0.15) is 12.7 Å². The Morgan fingerprint density at radius 1 is 1.11 bits per heavy atom. The summed E-state index contributed by atoms with van der Waals surface area (Å²) in [5, 5.41) is 7.63. The van der Waals surface area contributed by atoms with Gasteiger partial charge in [-0.3, -0.25) is 9.69 Å². The first-order valence-electron chi connectivity index (χ1n) is 10.8. The highest BCUT2D eigenvalue weighted by atomic mass is 16.5. The quantitative estimate of drug-likeness (QED) is 0.746. The number of carbonyl (C=O) groups is 1. The maximum Gasteiger partial charge on any atom is 0.224 e. The summed E-state index contributed by atoms with van der Waals surface area (Å²) in [4.78, 5) is 17.7. The topological polar surface area (TPSA) is 72.7 Å². The first-order chi connectivity index (χ1) is 13.7. The van der Waals surface area contributed by atoms with Crippen molar-refractivity contribution in [3.63, 3.8) is 0 Å². The minimum Gasteiger partial charge on any atom is -0.381 e. The lowest BCUT2D eigenvalue weighted by Crippen LogP contribution is -2.61. The first kappa shape index (κ1) is 18.5. The highest BCUT2D eigenvalue weighted by molar-refractivity contribution is 5.77. The molecule has 0 radical (unpaired) electrons. The molecular formula is C20H31N5O3. The predicted molar refractivity (Wildman–Crippen MR) is 102 cm³/mol. The Balaban J connectivity index is 1.20. The summed E-state index contributed by atoms with van der Waals surface area (Å²) < 4.78 is 13.8. The molecule has 28 heavy (non-hydrogen) atoms. The van der Waals surface area contributed by atoms with Crippen molar-refractivity contribution >= 4 is 5.91 Å². The van der Waals surface area contributed by atoms with Crippen molar-refractivity contribution < 1.29 is 14.3 Å². The van der Waals surface area contributed by atoms with Gasteiger partial charge in [-0.2, -0.15) is 0 Å². The Labute approximate surface area is 166 Å². The fourth-order valence-electron chi connectivity index (χ4n) is 5.82. The molecule has 4 saturated heterocycles. The average molecular weight is 390 g/mol. The number of carbonyl (C=O) groups excluding carboxylic acids is 1. The van der Waals surface area contributed by atoms with Gasteiger partial charge in [0.05, 0.1) is 18.8 Å². The lowest BCUT2D eigenvalue weighted by atomic mass is 9.84. The Morgan fingerprint density at radius 2 is 1.89 bits per heavy atom. The van der Waals surface area contributed by atoms with E-state index < -0.39 is 0 Å². The van der Waals surface area contributed by atoms with Gasteiger partial charge >= 0.3 is 0 Å². The maximum absolute atomic E-state index is 12.9. The molecule has 5 heterocycles. The molecule has 0 aliphatic carbocycles. The van der Waals surface area contributed by atoms with E-state index in [0.717, 1.165) is 65.1 Å². The van der Waals surface area contributed by atoms with Gasteiger partial charge in [-0.1, -0.05) is 0 Å². The van der Waals surface area contributed by atoms with Crippen LogP contribution in [0.25, 0.3) is 0 Å². The summed E-state index contributed by atoms with van der Waals surface area (Å²) in [6.07, 6.45) is 9.26. The average Bonchev–Trinajstić information content (AvgIpc) is 3.42. The van der Waals surface area contributed by atoms with Gasteiger partial charge in [-0.15, -0.1) is 10.2 Å². The standard InChI is InChI=1S/C20H31N5O3/c26-19(3-5-24-14-21-22-15-24)25-17-1-2-18(25)10-20(9-17)13-23(6-8-28-20)11-16-4-7-27-12-16/h14-18H,1-13H2/t16?,17-,18+,20?. The third-order valence-electron chi connectivity index (χ3n) is 7.04. The van der Waals surface area contributed by atoms with E-state index in [1.807, 2.05) is 4.57 Å². The molecule has 4 aliphatic rings. The van der Waals surface area contributed by atoms with Crippen molar-refractivity contribution in [2.75, 3.05) is 39.5 Å². The number of hydrogen-bond donors (Lipinski definition) is 0. The highest BCUT2D eigenvalue weighted by Crippen LogP contribution is 2.44. The third kappa shape index (κ3) is 3.69. The first-order valence-corrected chi connectivity index (χ1v) is 10.8. The molecule has 2 bridgehead atoms. The van der Waals surface area contributed by atoms with Crippen LogP contribution in [0.4, 0.5) is 0 Å². The van der Waals surface area contributed by atoms with Crippen LogP contribution in [-0.4, -0.2) is 87.6 Å². The second-order valence-corrected chi connectivity index (χ2v) is 9.04. The minimum atomic E-state index is -0.0609. The fourth-order valence-corrected chi connectivity index (χ4v) is 5.82. The lowest BCUT2D eigenvalue weighted by molar-refractivity contribution is -0.163. The molecular weight excluding hydrogens is 358 g/mol. The van der Waals surface area contributed by atoms with E-state index >= 15 is 0 Å². The van der Waals surface area contributed by atoms with Crippen molar-refractivity contribution in [1.29, 1.82) is 0 Å². The van der Waals surface area contributed by atoms with Gasteiger partial charge in [-0.05, 0) is 38.0 Å². The number of piperidine rings is 1. The van der Waals surface area contributed by atoms with Crippen LogP contribution in [-0.2, 0) is 20.8 Å². The SMILES string of the molecule is O=C(CCn1cnnc1)N1[C@@H]2CC[C@H]1CC1(C2)CN(CC2CCOC2)CCO1. The third-order valence-corrected chi connectivity index (χ3v) is 7.04. The number of rotatable bonds is 5. The number of nitrogens with zero attached hydrogens (tertiary/aromatic N) is 5. The number of ether oxygens (including phenoxy) is 2. The van der Waals surface area contributed by atoms with Crippen LogP contribution in [0.1, 0.15) is 38.5 Å². The minimum absolute atomic E-state index is 0.0609. The van der Waals surface area contributed by atoms with E-state index in [2.05, 4.69) is 20.0 Å². The number of amides is 1. The Hall–Kier alpha value is -1.51. The Bertz CT molecular complexity index is 661. The molecule has 8 nitrogen and oxygen atoms in total. The summed E-state index contributed by atoms with van der Waals surface area (Å²) >= 11 is 0. The molecule has 1 amide bonds. The number of fused-ring (bicyclic) bond motifs is 2. The molecule has 0 aromatic carbocycles. The smallest absolute Gasteiger partial charge is 0.224 e. The molecule has 1 aromatic heterocycles. The van der Waals surface area contributed by atoms with Crippen LogP contribution < -0.4 is 0 Å². The molecule has 4 fully saturated rings. The highest BCUT2D eigenvalue weighted by Gasteiger charge is 2.52. The number of aromatic nitrogens is 3. The molecule has 5 rings (SSSR count). The number of morpholine rings is 1. The predicted octanol–water partition coefficient (Wildman–Crippen LogP) is 0.929. The molecule has 154 valence electrons. The fraction of sp³-hybridized carbons (Fsp3) is 0.850. The molecule has 1 spiro atoms. The van der Waals surface area contributed by atoms with E-state index in [0.29, 0.717) is 31.0 Å². The van der Waals surface area contributed by atoms with Crippen molar-refractivity contribution in [3.05, 3.63) is 12.7 Å². The van der Waals surface area contributed by atoms with Crippen LogP contribution in [0.2, 0.25) is 0 Å². The van der Waals surface area contributed by atoms with Crippen LogP contribution >= 0.6 is 0 Å². The van der Waals surface area contributed by atoms with Crippen molar-refractivity contribution in [1.82, 2.24) is 24.6 Å². The monoisotopic (exact) mass is 389 g/mol. The number of hydrogen-bond acceptors (Lipinski definition) is 6. The zero-order valence-corrected chi connectivity index (χ0v) is 16.5.